The summed E-state index contributed by atoms with van der Waals surface area (Å²) >= 11 is 0. The molecule has 1 aromatic rings. The van der Waals surface area contributed by atoms with Crippen LogP contribution in [0.4, 0.5) is 0 Å². The number of carbonyl (C=O) groups is 1. The van der Waals surface area contributed by atoms with Crippen LogP contribution in [0.5, 0.6) is 11.5 Å². The third-order valence-electron chi connectivity index (χ3n) is 5.44. The second kappa shape index (κ2) is 5.82. The molecule has 2 aliphatic heterocycles. The minimum atomic E-state index is 0.253. The van der Waals surface area contributed by atoms with Gasteiger partial charge in [-0.1, -0.05) is 25.3 Å². The highest BCUT2D eigenvalue weighted by molar-refractivity contribution is 5.79. The fraction of sp³-hybridized carbons (Fsp3) is 0.611. The number of amides is 1. The van der Waals surface area contributed by atoms with E-state index in [1.807, 2.05) is 18.2 Å². The zero-order valence-corrected chi connectivity index (χ0v) is 12.9. The maximum Gasteiger partial charge on any atom is 0.231 e. The van der Waals surface area contributed by atoms with Crippen molar-refractivity contribution in [2.45, 2.75) is 38.5 Å². The molecule has 2 unspecified atom stereocenters. The fourth-order valence-electron chi connectivity index (χ4n) is 4.16. The van der Waals surface area contributed by atoms with Crippen LogP contribution in [0.25, 0.3) is 0 Å². The first kappa shape index (κ1) is 13.9. The number of hydrogen-bond donors (Lipinski definition) is 0. The zero-order chi connectivity index (χ0) is 14.9. The molecule has 22 heavy (non-hydrogen) atoms. The molecule has 0 radical (unpaired) electrons. The van der Waals surface area contributed by atoms with Gasteiger partial charge in [-0.2, -0.15) is 0 Å². The smallest absolute Gasteiger partial charge is 0.231 e. The largest absolute Gasteiger partial charge is 0.454 e. The quantitative estimate of drug-likeness (QED) is 0.843. The van der Waals surface area contributed by atoms with Crippen LogP contribution in [-0.2, 0) is 11.2 Å². The number of piperidine rings is 1. The number of fused-ring (bicyclic) bond motifs is 2. The van der Waals surface area contributed by atoms with E-state index in [1.54, 1.807) is 0 Å². The SMILES string of the molecule is O=C(Cc1ccc2c(c1)OCO2)N1CCC2CCCCC2C1. The topological polar surface area (TPSA) is 38.8 Å². The predicted octanol–water partition coefficient (Wildman–Crippen LogP) is 3.00. The van der Waals surface area contributed by atoms with Gasteiger partial charge in [0.1, 0.15) is 0 Å². The monoisotopic (exact) mass is 301 g/mol. The Morgan fingerprint density at radius 2 is 1.91 bits per heavy atom. The molecule has 3 aliphatic rings. The van der Waals surface area contributed by atoms with E-state index in [-0.39, 0.29) is 12.7 Å². The lowest BCUT2D eigenvalue weighted by molar-refractivity contribution is -0.133. The molecule has 4 nitrogen and oxygen atoms in total. The van der Waals surface area contributed by atoms with Gasteiger partial charge in [0.2, 0.25) is 12.7 Å². The van der Waals surface area contributed by atoms with Gasteiger partial charge >= 0.3 is 0 Å². The highest BCUT2D eigenvalue weighted by Gasteiger charge is 2.32. The highest BCUT2D eigenvalue weighted by Crippen LogP contribution is 2.36. The molecule has 1 aromatic carbocycles. The third kappa shape index (κ3) is 2.67. The first-order valence-corrected chi connectivity index (χ1v) is 8.46. The minimum Gasteiger partial charge on any atom is -0.454 e. The Labute approximate surface area is 131 Å². The van der Waals surface area contributed by atoms with Gasteiger partial charge in [-0.25, -0.2) is 0 Å². The van der Waals surface area contributed by atoms with Crippen LogP contribution in [0.15, 0.2) is 18.2 Å². The van der Waals surface area contributed by atoms with Crippen molar-refractivity contribution in [1.29, 1.82) is 0 Å². The summed E-state index contributed by atoms with van der Waals surface area (Å²) in [4.78, 5) is 14.7. The van der Waals surface area contributed by atoms with E-state index in [0.29, 0.717) is 6.42 Å². The van der Waals surface area contributed by atoms with E-state index in [1.165, 1.54) is 32.1 Å². The summed E-state index contributed by atoms with van der Waals surface area (Å²) in [6.07, 6.45) is 7.05. The molecule has 0 bridgehead atoms. The van der Waals surface area contributed by atoms with Gasteiger partial charge in [0.05, 0.1) is 6.42 Å². The molecule has 1 aliphatic carbocycles. The average Bonchev–Trinajstić information content (AvgIpc) is 3.02. The Balaban J connectivity index is 1.39. The van der Waals surface area contributed by atoms with Gasteiger partial charge in [0.25, 0.3) is 0 Å². The molecule has 1 saturated heterocycles. The van der Waals surface area contributed by atoms with Crippen LogP contribution >= 0.6 is 0 Å². The van der Waals surface area contributed by atoms with Crippen LogP contribution < -0.4 is 9.47 Å². The lowest BCUT2D eigenvalue weighted by Crippen LogP contribution is -2.45. The first-order chi connectivity index (χ1) is 10.8. The lowest BCUT2D eigenvalue weighted by Gasteiger charge is -2.41. The van der Waals surface area contributed by atoms with Crippen molar-refractivity contribution in [2.24, 2.45) is 11.8 Å². The van der Waals surface area contributed by atoms with Gasteiger partial charge < -0.3 is 14.4 Å². The fourth-order valence-corrected chi connectivity index (χ4v) is 4.16. The standard InChI is InChI=1S/C18H23NO3/c20-18(10-13-5-6-16-17(9-13)22-12-21-16)19-8-7-14-3-1-2-4-15(14)11-19/h5-6,9,14-15H,1-4,7-8,10-12H2. The Morgan fingerprint density at radius 1 is 1.09 bits per heavy atom. The molecular weight excluding hydrogens is 278 g/mol. The Kier molecular flexibility index (Phi) is 3.68. The lowest BCUT2D eigenvalue weighted by atomic mass is 9.75. The molecule has 4 rings (SSSR count). The van der Waals surface area contributed by atoms with E-state index in [4.69, 9.17) is 9.47 Å². The van der Waals surface area contributed by atoms with Gasteiger partial charge in [-0.3, -0.25) is 4.79 Å². The minimum absolute atomic E-state index is 0.253. The van der Waals surface area contributed by atoms with Crippen molar-refractivity contribution >= 4 is 5.91 Å². The molecule has 4 heteroatoms. The number of benzene rings is 1. The van der Waals surface area contributed by atoms with Gasteiger partial charge in [-0.15, -0.1) is 0 Å². The summed E-state index contributed by atoms with van der Waals surface area (Å²) in [6.45, 7) is 2.18. The normalized spacial score (nSPS) is 26.6. The van der Waals surface area contributed by atoms with Gasteiger partial charge in [0, 0.05) is 13.1 Å². The molecule has 2 atom stereocenters. The Bertz CT molecular complexity index is 571. The maximum atomic E-state index is 12.6. The average molecular weight is 301 g/mol. The van der Waals surface area contributed by atoms with Crippen LogP contribution in [0.3, 0.4) is 0 Å². The van der Waals surface area contributed by atoms with Crippen molar-refractivity contribution < 1.29 is 14.3 Å². The molecule has 1 amide bonds. The molecule has 2 heterocycles. The molecule has 0 N–H and O–H groups in total. The number of hydrogen-bond acceptors (Lipinski definition) is 3. The van der Waals surface area contributed by atoms with Crippen LogP contribution in [-0.4, -0.2) is 30.7 Å². The second-order valence-corrected chi connectivity index (χ2v) is 6.80. The summed E-state index contributed by atoms with van der Waals surface area (Å²) in [5.41, 5.74) is 1.01. The van der Waals surface area contributed by atoms with Gasteiger partial charge in [-0.05, 0) is 42.4 Å². The second-order valence-electron chi connectivity index (χ2n) is 6.80. The number of likely N-dealkylation sites (tertiary alicyclic amines) is 1. The summed E-state index contributed by atoms with van der Waals surface area (Å²) in [6, 6.07) is 5.81. The zero-order valence-electron chi connectivity index (χ0n) is 12.9. The maximum absolute atomic E-state index is 12.6. The molecule has 2 fully saturated rings. The molecule has 1 saturated carbocycles. The Hall–Kier alpha value is -1.71. The van der Waals surface area contributed by atoms with E-state index in [2.05, 4.69) is 4.90 Å². The van der Waals surface area contributed by atoms with Crippen molar-refractivity contribution in [3.8, 4) is 11.5 Å². The van der Waals surface area contributed by atoms with Crippen LogP contribution in [0.1, 0.15) is 37.7 Å². The number of rotatable bonds is 2. The molecule has 118 valence electrons. The third-order valence-corrected chi connectivity index (χ3v) is 5.44. The Morgan fingerprint density at radius 3 is 2.82 bits per heavy atom. The van der Waals surface area contributed by atoms with Crippen molar-refractivity contribution in [3.05, 3.63) is 23.8 Å². The van der Waals surface area contributed by atoms with E-state index >= 15 is 0 Å². The summed E-state index contributed by atoms with van der Waals surface area (Å²) in [5.74, 6) is 3.39. The summed E-state index contributed by atoms with van der Waals surface area (Å²) in [7, 11) is 0. The van der Waals surface area contributed by atoms with Crippen LogP contribution in [0, 0.1) is 11.8 Å². The van der Waals surface area contributed by atoms with Crippen molar-refractivity contribution in [2.75, 3.05) is 19.9 Å². The summed E-state index contributed by atoms with van der Waals surface area (Å²) < 4.78 is 10.7. The molecule has 0 aromatic heterocycles. The highest BCUT2D eigenvalue weighted by atomic mass is 16.7. The van der Waals surface area contributed by atoms with Crippen molar-refractivity contribution in [1.82, 2.24) is 4.90 Å². The number of nitrogens with zero attached hydrogens (tertiary/aromatic N) is 1. The first-order valence-electron chi connectivity index (χ1n) is 8.46. The summed E-state index contributed by atoms with van der Waals surface area (Å²) in [5, 5.41) is 0. The molecule has 0 spiro atoms. The van der Waals surface area contributed by atoms with E-state index in [9.17, 15) is 4.79 Å². The predicted molar refractivity (Wildman–Crippen MR) is 82.9 cm³/mol. The number of ether oxygens (including phenoxy) is 2. The van der Waals surface area contributed by atoms with Crippen molar-refractivity contribution in [3.63, 3.8) is 0 Å². The van der Waals surface area contributed by atoms with E-state index < -0.39 is 0 Å². The number of carbonyl (C=O) groups excluding carboxylic acids is 1. The molecular formula is C18H23NO3. The van der Waals surface area contributed by atoms with E-state index in [0.717, 1.165) is 42.0 Å². The van der Waals surface area contributed by atoms with Crippen LogP contribution in [0.2, 0.25) is 0 Å². The van der Waals surface area contributed by atoms with Gasteiger partial charge in [0.15, 0.2) is 11.5 Å².